The Morgan fingerprint density at radius 2 is 2.06 bits per heavy atom. The maximum absolute atomic E-state index is 11.4. The lowest BCUT2D eigenvalue weighted by atomic mass is 10.2. The topological polar surface area (TPSA) is 41.1 Å². The monoisotopic (exact) mass is 216 g/mol. The van der Waals surface area contributed by atoms with E-state index in [1.165, 1.54) is 5.56 Å². The third-order valence-electron chi connectivity index (χ3n) is 2.07. The highest BCUT2D eigenvalue weighted by molar-refractivity contribution is 5.92. The summed E-state index contributed by atoms with van der Waals surface area (Å²) >= 11 is 0. The number of carbonyl (C=O) groups excluding carboxylic acids is 1. The van der Waals surface area contributed by atoms with Gasteiger partial charge in [0.15, 0.2) is 0 Å². The van der Waals surface area contributed by atoms with Crippen LogP contribution < -0.4 is 10.6 Å². The van der Waals surface area contributed by atoms with Crippen molar-refractivity contribution in [3.8, 4) is 12.3 Å². The molecule has 0 spiro atoms. The van der Waals surface area contributed by atoms with E-state index in [1.807, 2.05) is 31.2 Å². The molecule has 3 nitrogen and oxygen atoms in total. The number of hydrogen-bond donors (Lipinski definition) is 2. The average molecular weight is 216 g/mol. The number of benzene rings is 1. The molecule has 0 aliphatic rings. The molecular formula is C13H16N2O. The van der Waals surface area contributed by atoms with E-state index in [4.69, 9.17) is 6.42 Å². The maximum atomic E-state index is 11.4. The predicted molar refractivity (Wildman–Crippen MR) is 66.1 cm³/mol. The molecule has 2 N–H and O–H groups in total. The number of amides is 1. The first-order chi connectivity index (χ1) is 7.72. The van der Waals surface area contributed by atoms with Crippen molar-refractivity contribution in [3.63, 3.8) is 0 Å². The zero-order valence-corrected chi connectivity index (χ0v) is 9.42. The van der Waals surface area contributed by atoms with Gasteiger partial charge in [-0.05, 0) is 19.1 Å². The Labute approximate surface area is 96.2 Å². The highest BCUT2D eigenvalue weighted by Crippen LogP contribution is 2.07. The molecule has 16 heavy (non-hydrogen) atoms. The van der Waals surface area contributed by atoms with Crippen molar-refractivity contribution in [3.05, 3.63) is 29.8 Å². The molecule has 1 rings (SSSR count). The molecule has 0 heterocycles. The van der Waals surface area contributed by atoms with E-state index in [-0.39, 0.29) is 12.5 Å². The molecule has 0 aliphatic carbocycles. The Hall–Kier alpha value is -1.79. The SMILES string of the molecule is C#CCCNCC(=O)Nc1ccc(C)cc1. The molecule has 1 aromatic rings. The van der Waals surface area contributed by atoms with Crippen LogP contribution in [0, 0.1) is 19.3 Å². The molecule has 0 saturated heterocycles. The lowest BCUT2D eigenvalue weighted by molar-refractivity contribution is -0.115. The molecule has 0 atom stereocenters. The minimum atomic E-state index is -0.0547. The zero-order valence-electron chi connectivity index (χ0n) is 9.42. The lowest BCUT2D eigenvalue weighted by Crippen LogP contribution is -2.28. The first kappa shape index (κ1) is 12.3. The Bertz CT molecular complexity index is 376. The van der Waals surface area contributed by atoms with Crippen LogP contribution in [0.25, 0.3) is 0 Å². The van der Waals surface area contributed by atoms with Crippen LogP contribution in [0.5, 0.6) is 0 Å². The van der Waals surface area contributed by atoms with Crippen LogP contribution in [0.4, 0.5) is 5.69 Å². The summed E-state index contributed by atoms with van der Waals surface area (Å²) < 4.78 is 0. The van der Waals surface area contributed by atoms with Gasteiger partial charge in [0.25, 0.3) is 0 Å². The fourth-order valence-corrected chi connectivity index (χ4v) is 1.20. The van der Waals surface area contributed by atoms with Crippen LogP contribution in [0.1, 0.15) is 12.0 Å². The number of carbonyl (C=O) groups is 1. The second-order valence-electron chi connectivity index (χ2n) is 3.55. The third-order valence-corrected chi connectivity index (χ3v) is 2.07. The molecule has 0 unspecified atom stereocenters. The van der Waals surface area contributed by atoms with Gasteiger partial charge in [0.1, 0.15) is 0 Å². The largest absolute Gasteiger partial charge is 0.325 e. The van der Waals surface area contributed by atoms with Gasteiger partial charge in [0.2, 0.25) is 5.91 Å². The molecular weight excluding hydrogens is 200 g/mol. The number of rotatable bonds is 5. The van der Waals surface area contributed by atoms with Crippen LogP contribution in [0.3, 0.4) is 0 Å². The van der Waals surface area contributed by atoms with E-state index >= 15 is 0 Å². The van der Waals surface area contributed by atoms with Crippen LogP contribution >= 0.6 is 0 Å². The number of aryl methyl sites for hydroxylation is 1. The molecule has 1 amide bonds. The minimum Gasteiger partial charge on any atom is -0.325 e. The van der Waals surface area contributed by atoms with E-state index in [9.17, 15) is 4.79 Å². The molecule has 84 valence electrons. The Balaban J connectivity index is 2.29. The summed E-state index contributed by atoms with van der Waals surface area (Å²) in [4.78, 5) is 11.4. The van der Waals surface area contributed by atoms with Crippen LogP contribution in [0.15, 0.2) is 24.3 Å². The average Bonchev–Trinajstić information content (AvgIpc) is 2.28. The predicted octanol–water partition coefficient (Wildman–Crippen LogP) is 1.55. The highest BCUT2D eigenvalue weighted by Gasteiger charge is 2.00. The van der Waals surface area contributed by atoms with Crippen molar-refractivity contribution in [1.82, 2.24) is 5.32 Å². The van der Waals surface area contributed by atoms with Gasteiger partial charge in [-0.2, -0.15) is 0 Å². The van der Waals surface area contributed by atoms with Gasteiger partial charge in [0.05, 0.1) is 6.54 Å². The first-order valence-electron chi connectivity index (χ1n) is 5.23. The maximum Gasteiger partial charge on any atom is 0.238 e. The number of nitrogens with one attached hydrogen (secondary N) is 2. The van der Waals surface area contributed by atoms with Gasteiger partial charge < -0.3 is 10.6 Å². The summed E-state index contributed by atoms with van der Waals surface area (Å²) in [6.07, 6.45) is 5.73. The summed E-state index contributed by atoms with van der Waals surface area (Å²) in [6.45, 7) is 2.96. The van der Waals surface area contributed by atoms with Gasteiger partial charge in [-0.15, -0.1) is 12.3 Å². The van der Waals surface area contributed by atoms with E-state index in [1.54, 1.807) is 0 Å². The van der Waals surface area contributed by atoms with E-state index in [2.05, 4.69) is 16.6 Å². The molecule has 0 fully saturated rings. The number of hydrogen-bond acceptors (Lipinski definition) is 2. The third kappa shape index (κ3) is 4.63. The first-order valence-corrected chi connectivity index (χ1v) is 5.23. The minimum absolute atomic E-state index is 0.0547. The van der Waals surface area contributed by atoms with Crippen molar-refractivity contribution in [2.45, 2.75) is 13.3 Å². The van der Waals surface area contributed by atoms with E-state index in [0.29, 0.717) is 13.0 Å². The Morgan fingerprint density at radius 3 is 2.69 bits per heavy atom. The summed E-state index contributed by atoms with van der Waals surface area (Å²) in [7, 11) is 0. The molecule has 0 bridgehead atoms. The van der Waals surface area contributed by atoms with Crippen LogP contribution in [-0.2, 0) is 4.79 Å². The molecule has 0 aliphatic heterocycles. The van der Waals surface area contributed by atoms with E-state index in [0.717, 1.165) is 5.69 Å². The lowest BCUT2D eigenvalue weighted by Gasteiger charge is -2.05. The second kappa shape index (κ2) is 6.65. The molecule has 3 heteroatoms. The standard InChI is InChI=1S/C13H16N2O/c1-3-4-9-14-10-13(16)15-12-7-5-11(2)6-8-12/h1,5-8,14H,4,9-10H2,2H3,(H,15,16). The van der Waals surface area contributed by atoms with Crippen molar-refractivity contribution >= 4 is 11.6 Å². The van der Waals surface area contributed by atoms with Crippen LogP contribution in [-0.4, -0.2) is 19.0 Å². The van der Waals surface area contributed by atoms with Crippen molar-refractivity contribution in [1.29, 1.82) is 0 Å². The summed E-state index contributed by atoms with van der Waals surface area (Å²) in [5.41, 5.74) is 1.99. The van der Waals surface area contributed by atoms with Crippen LogP contribution in [0.2, 0.25) is 0 Å². The Kier molecular flexibility index (Phi) is 5.10. The zero-order chi connectivity index (χ0) is 11.8. The van der Waals surface area contributed by atoms with Crippen molar-refractivity contribution in [2.24, 2.45) is 0 Å². The quantitative estimate of drug-likeness (QED) is 0.579. The van der Waals surface area contributed by atoms with Crippen molar-refractivity contribution in [2.75, 3.05) is 18.4 Å². The van der Waals surface area contributed by atoms with E-state index < -0.39 is 0 Å². The summed E-state index contributed by atoms with van der Waals surface area (Å²) in [5, 5.41) is 5.76. The second-order valence-corrected chi connectivity index (χ2v) is 3.55. The van der Waals surface area contributed by atoms with Gasteiger partial charge >= 0.3 is 0 Å². The molecule has 0 saturated carbocycles. The van der Waals surface area contributed by atoms with Gasteiger partial charge in [-0.25, -0.2) is 0 Å². The van der Waals surface area contributed by atoms with Gasteiger partial charge in [0, 0.05) is 18.7 Å². The molecule has 0 radical (unpaired) electrons. The summed E-state index contributed by atoms with van der Waals surface area (Å²) in [5.74, 6) is 2.45. The molecule has 0 aromatic heterocycles. The Morgan fingerprint density at radius 1 is 1.38 bits per heavy atom. The normalized spacial score (nSPS) is 9.50. The number of terminal acetylenes is 1. The fourth-order valence-electron chi connectivity index (χ4n) is 1.20. The highest BCUT2D eigenvalue weighted by atomic mass is 16.1. The fraction of sp³-hybridized carbons (Fsp3) is 0.308. The molecule has 1 aromatic carbocycles. The smallest absolute Gasteiger partial charge is 0.238 e. The van der Waals surface area contributed by atoms with Crippen molar-refractivity contribution < 1.29 is 4.79 Å². The summed E-state index contributed by atoms with van der Waals surface area (Å²) in [6, 6.07) is 7.69. The van der Waals surface area contributed by atoms with Gasteiger partial charge in [-0.3, -0.25) is 4.79 Å². The van der Waals surface area contributed by atoms with Gasteiger partial charge in [-0.1, -0.05) is 17.7 Å². The number of anilines is 1.